The molecule has 0 radical (unpaired) electrons. The number of hydrogen-bond acceptors (Lipinski definition) is 4. The van der Waals surface area contributed by atoms with E-state index in [9.17, 15) is 14.4 Å². The van der Waals surface area contributed by atoms with Crippen LogP contribution in [0.3, 0.4) is 0 Å². The first-order valence-corrected chi connectivity index (χ1v) is 6.68. The highest BCUT2D eigenvalue weighted by atomic mass is 16.2. The van der Waals surface area contributed by atoms with Gasteiger partial charge in [0, 0.05) is 28.8 Å². The zero-order valence-corrected chi connectivity index (χ0v) is 11.5. The summed E-state index contributed by atoms with van der Waals surface area (Å²) in [6.07, 6.45) is 2.17. The third kappa shape index (κ3) is 3.57. The fourth-order valence-electron chi connectivity index (χ4n) is 2.48. The summed E-state index contributed by atoms with van der Waals surface area (Å²) in [5.74, 6) is -1.73. The lowest BCUT2D eigenvalue weighted by Crippen LogP contribution is -2.24. The summed E-state index contributed by atoms with van der Waals surface area (Å²) in [6.45, 7) is 0. The summed E-state index contributed by atoms with van der Waals surface area (Å²) in [4.78, 5) is 34.6. The standard InChI is InChI=1S/C14H18N4O3/c15-10-2-1-7(4-10)14(21)18-11-5-8(12(16)19)3-9(6-11)13(17)20/h3,5-7,10H,1-2,4,15H2,(H2,16,19)(H2,17,20)(H,18,21). The van der Waals surface area contributed by atoms with Gasteiger partial charge in [-0.15, -0.1) is 0 Å². The molecule has 7 nitrogen and oxygen atoms in total. The van der Waals surface area contributed by atoms with E-state index < -0.39 is 11.8 Å². The summed E-state index contributed by atoms with van der Waals surface area (Å²) >= 11 is 0. The van der Waals surface area contributed by atoms with E-state index in [1.54, 1.807) is 0 Å². The van der Waals surface area contributed by atoms with E-state index in [-0.39, 0.29) is 29.0 Å². The Hall–Kier alpha value is -2.41. The summed E-state index contributed by atoms with van der Waals surface area (Å²) in [5, 5.41) is 2.68. The molecule has 1 fully saturated rings. The molecule has 1 aliphatic rings. The summed E-state index contributed by atoms with van der Waals surface area (Å²) in [5.41, 5.74) is 16.7. The van der Waals surface area contributed by atoms with Crippen LogP contribution in [-0.2, 0) is 4.79 Å². The quantitative estimate of drug-likeness (QED) is 0.616. The molecular weight excluding hydrogens is 272 g/mol. The first-order chi connectivity index (χ1) is 9.86. The highest BCUT2D eigenvalue weighted by Crippen LogP contribution is 2.26. The van der Waals surface area contributed by atoms with Crippen molar-refractivity contribution < 1.29 is 14.4 Å². The van der Waals surface area contributed by atoms with Crippen LogP contribution < -0.4 is 22.5 Å². The predicted octanol–water partition coefficient (Wildman–Crippen LogP) is -0.0497. The number of primary amides is 2. The van der Waals surface area contributed by atoms with E-state index in [4.69, 9.17) is 17.2 Å². The highest BCUT2D eigenvalue weighted by molar-refractivity contribution is 6.02. The van der Waals surface area contributed by atoms with E-state index in [1.807, 2.05) is 0 Å². The van der Waals surface area contributed by atoms with Crippen LogP contribution >= 0.6 is 0 Å². The van der Waals surface area contributed by atoms with E-state index >= 15 is 0 Å². The minimum absolute atomic E-state index is 0.0406. The van der Waals surface area contributed by atoms with Gasteiger partial charge in [0.15, 0.2) is 0 Å². The number of carbonyl (C=O) groups excluding carboxylic acids is 3. The van der Waals surface area contributed by atoms with Gasteiger partial charge >= 0.3 is 0 Å². The monoisotopic (exact) mass is 290 g/mol. The van der Waals surface area contributed by atoms with Crippen molar-refractivity contribution in [3.8, 4) is 0 Å². The number of anilines is 1. The molecule has 0 aliphatic heterocycles. The molecule has 112 valence electrons. The van der Waals surface area contributed by atoms with Crippen molar-refractivity contribution in [1.29, 1.82) is 0 Å². The smallest absolute Gasteiger partial charge is 0.248 e. The second kappa shape index (κ2) is 5.92. The van der Waals surface area contributed by atoms with Gasteiger partial charge in [0.05, 0.1) is 0 Å². The minimum Gasteiger partial charge on any atom is -0.366 e. The minimum atomic E-state index is -0.698. The second-order valence-electron chi connectivity index (χ2n) is 5.29. The Labute approximate surface area is 121 Å². The molecule has 0 heterocycles. The van der Waals surface area contributed by atoms with Crippen molar-refractivity contribution in [2.75, 3.05) is 5.32 Å². The van der Waals surface area contributed by atoms with Gasteiger partial charge in [0.25, 0.3) is 0 Å². The SMILES string of the molecule is NC(=O)c1cc(NC(=O)C2CCC(N)C2)cc(C(N)=O)c1. The van der Waals surface area contributed by atoms with Crippen LogP contribution in [0.5, 0.6) is 0 Å². The number of benzene rings is 1. The number of carbonyl (C=O) groups is 3. The van der Waals surface area contributed by atoms with Gasteiger partial charge in [-0.25, -0.2) is 0 Å². The maximum atomic E-state index is 12.1. The zero-order chi connectivity index (χ0) is 15.6. The molecule has 0 spiro atoms. The van der Waals surface area contributed by atoms with Gasteiger partial charge in [-0.2, -0.15) is 0 Å². The molecule has 2 rings (SSSR count). The highest BCUT2D eigenvalue weighted by Gasteiger charge is 2.27. The number of nitrogens with two attached hydrogens (primary N) is 3. The lowest BCUT2D eigenvalue weighted by Gasteiger charge is -2.12. The van der Waals surface area contributed by atoms with Gasteiger partial charge < -0.3 is 22.5 Å². The Balaban J connectivity index is 2.20. The number of nitrogens with one attached hydrogen (secondary N) is 1. The summed E-state index contributed by atoms with van der Waals surface area (Å²) in [6, 6.07) is 4.17. The summed E-state index contributed by atoms with van der Waals surface area (Å²) < 4.78 is 0. The number of rotatable bonds is 4. The lowest BCUT2D eigenvalue weighted by molar-refractivity contribution is -0.119. The van der Waals surface area contributed by atoms with Gasteiger partial charge in [0.2, 0.25) is 17.7 Å². The lowest BCUT2D eigenvalue weighted by atomic mass is 10.1. The third-order valence-electron chi connectivity index (χ3n) is 3.61. The van der Waals surface area contributed by atoms with Gasteiger partial charge in [0.1, 0.15) is 0 Å². The normalized spacial score (nSPS) is 21.0. The predicted molar refractivity (Wildman–Crippen MR) is 77.4 cm³/mol. The number of amides is 3. The summed E-state index contributed by atoms with van der Waals surface area (Å²) in [7, 11) is 0. The number of hydrogen-bond donors (Lipinski definition) is 4. The largest absolute Gasteiger partial charge is 0.366 e. The van der Waals surface area contributed by atoms with Crippen LogP contribution in [-0.4, -0.2) is 23.8 Å². The molecule has 2 atom stereocenters. The molecule has 2 unspecified atom stereocenters. The molecule has 21 heavy (non-hydrogen) atoms. The molecule has 1 aromatic carbocycles. The van der Waals surface area contributed by atoms with Gasteiger partial charge in [-0.3, -0.25) is 14.4 Å². The van der Waals surface area contributed by atoms with Gasteiger partial charge in [-0.1, -0.05) is 0 Å². The maximum Gasteiger partial charge on any atom is 0.248 e. The molecule has 0 bridgehead atoms. The third-order valence-corrected chi connectivity index (χ3v) is 3.61. The Morgan fingerprint density at radius 1 is 1.00 bits per heavy atom. The van der Waals surface area contributed by atoms with Gasteiger partial charge in [-0.05, 0) is 37.5 Å². The maximum absolute atomic E-state index is 12.1. The topological polar surface area (TPSA) is 141 Å². The van der Waals surface area contributed by atoms with Crippen molar-refractivity contribution in [2.45, 2.75) is 25.3 Å². The van der Waals surface area contributed by atoms with Crippen molar-refractivity contribution in [3.63, 3.8) is 0 Å². The molecule has 3 amide bonds. The molecule has 0 saturated heterocycles. The van der Waals surface area contributed by atoms with Crippen molar-refractivity contribution in [2.24, 2.45) is 23.1 Å². The van der Waals surface area contributed by atoms with Crippen LogP contribution in [0, 0.1) is 5.92 Å². The average Bonchev–Trinajstić information content (AvgIpc) is 2.85. The Bertz CT molecular complexity index is 568. The molecule has 7 heteroatoms. The van der Waals surface area contributed by atoms with Crippen LogP contribution in [0.25, 0.3) is 0 Å². The molecule has 1 saturated carbocycles. The molecule has 0 aromatic heterocycles. The van der Waals surface area contributed by atoms with Crippen molar-refractivity contribution in [3.05, 3.63) is 29.3 Å². The first-order valence-electron chi connectivity index (χ1n) is 6.68. The fraction of sp³-hybridized carbons (Fsp3) is 0.357. The molecule has 1 aliphatic carbocycles. The van der Waals surface area contributed by atoms with Crippen LogP contribution in [0.2, 0.25) is 0 Å². The zero-order valence-electron chi connectivity index (χ0n) is 11.5. The first kappa shape index (κ1) is 15.0. The Kier molecular flexibility index (Phi) is 4.23. The van der Waals surface area contributed by atoms with E-state index in [2.05, 4.69) is 5.32 Å². The van der Waals surface area contributed by atoms with Crippen LogP contribution in [0.1, 0.15) is 40.0 Å². The fourth-order valence-corrected chi connectivity index (χ4v) is 2.48. The molecular formula is C14H18N4O3. The molecule has 7 N–H and O–H groups in total. The van der Waals surface area contributed by atoms with E-state index in [1.165, 1.54) is 18.2 Å². The van der Waals surface area contributed by atoms with Crippen LogP contribution in [0.15, 0.2) is 18.2 Å². The van der Waals surface area contributed by atoms with Crippen LogP contribution in [0.4, 0.5) is 5.69 Å². The Morgan fingerprint density at radius 2 is 1.57 bits per heavy atom. The van der Waals surface area contributed by atoms with Crippen molar-refractivity contribution >= 4 is 23.4 Å². The van der Waals surface area contributed by atoms with E-state index in [0.29, 0.717) is 12.1 Å². The van der Waals surface area contributed by atoms with Crippen molar-refractivity contribution in [1.82, 2.24) is 0 Å². The Morgan fingerprint density at radius 3 is 2.00 bits per heavy atom. The van der Waals surface area contributed by atoms with E-state index in [0.717, 1.165) is 12.8 Å². The molecule has 1 aromatic rings. The average molecular weight is 290 g/mol. The second-order valence-corrected chi connectivity index (χ2v) is 5.29.